The molecular weight excluding hydrogens is 272 g/mol. The lowest BCUT2D eigenvalue weighted by molar-refractivity contribution is -0.122. The fraction of sp³-hybridized carbons (Fsp3) is 0.364. The lowest BCUT2D eigenvalue weighted by atomic mass is 10.1. The van der Waals surface area contributed by atoms with Gasteiger partial charge in [0, 0.05) is 23.6 Å². The molecule has 3 N–H and O–H groups in total. The molecule has 5 heteroatoms. The number of benzene rings is 1. The zero-order valence-electron chi connectivity index (χ0n) is 9.34. The first-order valence-electron chi connectivity index (χ1n) is 4.91. The number of hydrogen-bond acceptors (Lipinski definition) is 3. The molecule has 0 atom stereocenters. The Hall–Kier alpha value is -1.07. The first-order chi connectivity index (χ1) is 7.58. The number of carbonyl (C=O) groups excluding carboxylic acids is 1. The van der Waals surface area contributed by atoms with E-state index >= 15 is 0 Å². The van der Waals surface area contributed by atoms with Crippen LogP contribution in [0.5, 0.6) is 5.75 Å². The Morgan fingerprint density at radius 2 is 2.25 bits per heavy atom. The fourth-order valence-electron chi connectivity index (χ4n) is 1.37. The van der Waals surface area contributed by atoms with Crippen molar-refractivity contribution in [1.82, 2.24) is 5.32 Å². The second-order valence-corrected chi connectivity index (χ2v) is 4.29. The third-order valence-corrected chi connectivity index (χ3v) is 2.62. The Morgan fingerprint density at radius 3 is 2.81 bits per heavy atom. The van der Waals surface area contributed by atoms with Crippen molar-refractivity contribution in [2.24, 2.45) is 5.73 Å². The first-order valence-corrected chi connectivity index (χ1v) is 5.70. The molecule has 0 bridgehead atoms. The molecule has 0 unspecified atom stereocenters. The maximum Gasteiger partial charge on any atom is 0.257 e. The number of rotatable bonds is 4. The number of likely N-dealkylation sites (N-methyl/N-ethyl adjacent to an activating group) is 1. The van der Waals surface area contributed by atoms with Crippen molar-refractivity contribution < 1.29 is 9.53 Å². The minimum Gasteiger partial charge on any atom is -0.483 e. The largest absolute Gasteiger partial charge is 0.483 e. The first kappa shape index (κ1) is 13.0. The molecule has 88 valence electrons. The predicted molar refractivity (Wildman–Crippen MR) is 66.3 cm³/mol. The van der Waals surface area contributed by atoms with Crippen LogP contribution in [0.15, 0.2) is 16.6 Å². The number of amides is 1. The van der Waals surface area contributed by atoms with E-state index in [-0.39, 0.29) is 12.5 Å². The van der Waals surface area contributed by atoms with E-state index in [1.165, 1.54) is 0 Å². The fourth-order valence-corrected chi connectivity index (χ4v) is 1.99. The number of hydrogen-bond donors (Lipinski definition) is 2. The van der Waals surface area contributed by atoms with Gasteiger partial charge < -0.3 is 15.8 Å². The number of carbonyl (C=O) groups is 1. The summed E-state index contributed by atoms with van der Waals surface area (Å²) in [4.78, 5) is 11.1. The number of aryl methyl sites for hydroxylation is 1. The highest BCUT2D eigenvalue weighted by atomic mass is 79.9. The standard InChI is InChI=1S/C11H15BrN2O2/c1-7-3-9(12)4-8(5-13)11(7)16-6-10(15)14-2/h3-4H,5-6,13H2,1-2H3,(H,14,15). The van der Waals surface area contributed by atoms with Crippen molar-refractivity contribution in [3.63, 3.8) is 0 Å². The van der Waals surface area contributed by atoms with Gasteiger partial charge in [0.25, 0.3) is 5.91 Å². The van der Waals surface area contributed by atoms with Crippen molar-refractivity contribution >= 4 is 21.8 Å². The van der Waals surface area contributed by atoms with Crippen molar-refractivity contribution in [1.29, 1.82) is 0 Å². The normalized spacial score (nSPS) is 10.0. The summed E-state index contributed by atoms with van der Waals surface area (Å²) in [6.45, 7) is 2.30. The van der Waals surface area contributed by atoms with Crippen molar-refractivity contribution in [2.45, 2.75) is 13.5 Å². The molecule has 0 heterocycles. The molecule has 16 heavy (non-hydrogen) atoms. The molecular formula is C11H15BrN2O2. The van der Waals surface area contributed by atoms with Gasteiger partial charge in [-0.25, -0.2) is 0 Å². The van der Waals surface area contributed by atoms with Gasteiger partial charge in [-0.3, -0.25) is 4.79 Å². The van der Waals surface area contributed by atoms with Crippen LogP contribution in [0.1, 0.15) is 11.1 Å². The zero-order valence-corrected chi connectivity index (χ0v) is 10.9. The summed E-state index contributed by atoms with van der Waals surface area (Å²) in [5.74, 6) is 0.527. The minimum atomic E-state index is -0.162. The maximum absolute atomic E-state index is 11.1. The van der Waals surface area contributed by atoms with Gasteiger partial charge in [0.2, 0.25) is 0 Å². The molecule has 0 spiro atoms. The molecule has 0 aromatic heterocycles. The molecule has 1 rings (SSSR count). The van der Waals surface area contributed by atoms with Crippen LogP contribution in [0.3, 0.4) is 0 Å². The van der Waals surface area contributed by atoms with Crippen molar-refractivity contribution in [2.75, 3.05) is 13.7 Å². The SMILES string of the molecule is CNC(=O)COc1c(C)cc(Br)cc1CN. The Morgan fingerprint density at radius 1 is 1.56 bits per heavy atom. The van der Waals surface area contributed by atoms with Crippen LogP contribution in [0.25, 0.3) is 0 Å². The highest BCUT2D eigenvalue weighted by Gasteiger charge is 2.09. The summed E-state index contributed by atoms with van der Waals surface area (Å²) in [5, 5.41) is 2.50. The molecule has 0 saturated carbocycles. The lowest BCUT2D eigenvalue weighted by Crippen LogP contribution is -2.25. The van der Waals surface area contributed by atoms with Gasteiger partial charge in [0.05, 0.1) is 0 Å². The maximum atomic E-state index is 11.1. The summed E-state index contributed by atoms with van der Waals surface area (Å²) in [5.41, 5.74) is 7.47. The van der Waals surface area contributed by atoms with Gasteiger partial charge in [-0.15, -0.1) is 0 Å². The average Bonchev–Trinajstić information content (AvgIpc) is 2.26. The van der Waals surface area contributed by atoms with Crippen molar-refractivity contribution in [3.05, 3.63) is 27.7 Å². The second kappa shape index (κ2) is 5.86. The monoisotopic (exact) mass is 286 g/mol. The highest BCUT2D eigenvalue weighted by Crippen LogP contribution is 2.27. The number of nitrogens with two attached hydrogens (primary N) is 1. The van der Waals surface area contributed by atoms with E-state index in [0.717, 1.165) is 15.6 Å². The van der Waals surface area contributed by atoms with Crippen LogP contribution in [-0.4, -0.2) is 19.6 Å². The molecule has 4 nitrogen and oxygen atoms in total. The highest BCUT2D eigenvalue weighted by molar-refractivity contribution is 9.10. The van der Waals surface area contributed by atoms with E-state index in [1.54, 1.807) is 7.05 Å². The molecule has 0 aliphatic heterocycles. The van der Waals surface area contributed by atoms with Crippen LogP contribution in [0.2, 0.25) is 0 Å². The van der Waals surface area contributed by atoms with Crippen LogP contribution in [0, 0.1) is 6.92 Å². The van der Waals surface area contributed by atoms with E-state index in [4.69, 9.17) is 10.5 Å². The summed E-state index contributed by atoms with van der Waals surface area (Å²) in [6.07, 6.45) is 0. The number of halogens is 1. The van der Waals surface area contributed by atoms with E-state index < -0.39 is 0 Å². The Kier molecular flexibility index (Phi) is 4.76. The molecule has 0 aliphatic carbocycles. The summed E-state index contributed by atoms with van der Waals surface area (Å²) >= 11 is 3.39. The Bertz CT molecular complexity index is 394. The van der Waals surface area contributed by atoms with Crippen LogP contribution in [-0.2, 0) is 11.3 Å². The average molecular weight is 287 g/mol. The van der Waals surface area contributed by atoms with Gasteiger partial charge in [0.15, 0.2) is 6.61 Å². The molecule has 1 aromatic carbocycles. The topological polar surface area (TPSA) is 64.3 Å². The summed E-state index contributed by atoms with van der Waals surface area (Å²) in [7, 11) is 1.57. The van der Waals surface area contributed by atoms with Crippen LogP contribution in [0.4, 0.5) is 0 Å². The quantitative estimate of drug-likeness (QED) is 0.878. The van der Waals surface area contributed by atoms with Gasteiger partial charge in [0.1, 0.15) is 5.75 Å². The number of nitrogens with one attached hydrogen (secondary N) is 1. The van der Waals surface area contributed by atoms with Crippen LogP contribution < -0.4 is 15.8 Å². The molecule has 0 fully saturated rings. The van der Waals surface area contributed by atoms with E-state index in [2.05, 4.69) is 21.2 Å². The Balaban J connectivity index is 2.89. The third kappa shape index (κ3) is 3.21. The van der Waals surface area contributed by atoms with Crippen LogP contribution >= 0.6 is 15.9 Å². The predicted octanol–water partition coefficient (Wildman–Crippen LogP) is 1.34. The van der Waals surface area contributed by atoms with E-state index in [1.807, 2.05) is 19.1 Å². The second-order valence-electron chi connectivity index (χ2n) is 3.38. The van der Waals surface area contributed by atoms with Crippen molar-refractivity contribution in [3.8, 4) is 5.75 Å². The Labute approximate surface area is 103 Å². The molecule has 0 saturated heterocycles. The van der Waals surface area contributed by atoms with E-state index in [0.29, 0.717) is 12.3 Å². The summed E-state index contributed by atoms with van der Waals surface area (Å²) < 4.78 is 6.41. The minimum absolute atomic E-state index is 0.00592. The van der Waals surface area contributed by atoms with Gasteiger partial charge in [-0.1, -0.05) is 15.9 Å². The number of ether oxygens (including phenoxy) is 1. The van der Waals surface area contributed by atoms with E-state index in [9.17, 15) is 4.79 Å². The molecule has 1 aromatic rings. The summed E-state index contributed by atoms with van der Waals surface area (Å²) in [6, 6.07) is 3.82. The molecule has 1 amide bonds. The molecule has 0 radical (unpaired) electrons. The lowest BCUT2D eigenvalue weighted by Gasteiger charge is -2.13. The molecule has 0 aliphatic rings. The van der Waals surface area contributed by atoms with Gasteiger partial charge >= 0.3 is 0 Å². The van der Waals surface area contributed by atoms with Gasteiger partial charge in [-0.2, -0.15) is 0 Å². The third-order valence-electron chi connectivity index (χ3n) is 2.16. The van der Waals surface area contributed by atoms with Gasteiger partial charge in [-0.05, 0) is 24.6 Å². The zero-order chi connectivity index (χ0) is 12.1. The smallest absolute Gasteiger partial charge is 0.257 e.